The lowest BCUT2D eigenvalue weighted by Gasteiger charge is -2.12. The van der Waals surface area contributed by atoms with E-state index in [1.165, 1.54) is 11.1 Å². The number of halogens is 1. The van der Waals surface area contributed by atoms with Crippen molar-refractivity contribution in [2.24, 2.45) is 0 Å². The molecule has 23 heavy (non-hydrogen) atoms. The van der Waals surface area contributed by atoms with Gasteiger partial charge < -0.3 is 10.1 Å². The zero-order chi connectivity index (χ0) is 17.0. The molecule has 0 saturated heterocycles. The third-order valence-electron chi connectivity index (χ3n) is 3.69. The summed E-state index contributed by atoms with van der Waals surface area (Å²) in [6.45, 7) is 8.24. The summed E-state index contributed by atoms with van der Waals surface area (Å²) in [6.07, 6.45) is 0. The maximum absolute atomic E-state index is 12.0. The predicted octanol–water partition coefficient (Wildman–Crippen LogP) is 5.10. The minimum absolute atomic E-state index is 0.0358. The van der Waals surface area contributed by atoms with Crippen molar-refractivity contribution in [2.75, 3.05) is 11.9 Å². The lowest BCUT2D eigenvalue weighted by atomic mass is 9.98. The molecular weight excluding hydrogens is 310 g/mol. The van der Waals surface area contributed by atoms with Crippen molar-refractivity contribution >= 4 is 23.2 Å². The standard InChI is InChI=1S/C19H22ClNO2/c1-12(2)17-8-7-16(9-14(17)4)23-11-19(22)21-15-6-5-13(3)18(20)10-15/h5-10,12H,11H2,1-4H3,(H,21,22). The molecular formula is C19H22ClNO2. The third kappa shape index (κ3) is 4.73. The maximum Gasteiger partial charge on any atom is 0.262 e. The van der Waals surface area contributed by atoms with E-state index in [4.69, 9.17) is 16.3 Å². The zero-order valence-corrected chi connectivity index (χ0v) is 14.7. The van der Waals surface area contributed by atoms with E-state index in [0.717, 1.165) is 5.56 Å². The number of carbonyl (C=O) groups is 1. The predicted molar refractivity (Wildman–Crippen MR) is 95.6 cm³/mol. The minimum atomic E-state index is -0.212. The van der Waals surface area contributed by atoms with E-state index in [2.05, 4.69) is 26.1 Å². The average Bonchev–Trinajstić information content (AvgIpc) is 2.48. The van der Waals surface area contributed by atoms with Crippen molar-refractivity contribution in [2.45, 2.75) is 33.6 Å². The summed E-state index contributed by atoms with van der Waals surface area (Å²) in [4.78, 5) is 12.0. The summed E-state index contributed by atoms with van der Waals surface area (Å²) in [5.41, 5.74) is 4.10. The second-order valence-corrected chi connectivity index (χ2v) is 6.38. The molecule has 0 aromatic heterocycles. The van der Waals surface area contributed by atoms with Gasteiger partial charge in [0.25, 0.3) is 5.91 Å². The summed E-state index contributed by atoms with van der Waals surface area (Å²) in [5.74, 6) is 0.957. The largest absolute Gasteiger partial charge is 0.484 e. The molecule has 0 saturated carbocycles. The van der Waals surface area contributed by atoms with Crippen LogP contribution in [0.15, 0.2) is 36.4 Å². The Labute approximate surface area is 142 Å². The van der Waals surface area contributed by atoms with Crippen molar-refractivity contribution in [3.05, 3.63) is 58.1 Å². The van der Waals surface area contributed by atoms with Crippen LogP contribution in [0.2, 0.25) is 5.02 Å². The molecule has 1 N–H and O–H groups in total. The van der Waals surface area contributed by atoms with Crippen molar-refractivity contribution in [3.63, 3.8) is 0 Å². The molecule has 0 aliphatic heterocycles. The molecule has 0 atom stereocenters. The Morgan fingerprint density at radius 2 is 1.87 bits per heavy atom. The van der Waals surface area contributed by atoms with Crippen LogP contribution in [0.3, 0.4) is 0 Å². The molecule has 3 nitrogen and oxygen atoms in total. The number of hydrogen-bond acceptors (Lipinski definition) is 2. The number of carbonyl (C=O) groups excluding carboxylic acids is 1. The summed E-state index contributed by atoms with van der Waals surface area (Å²) in [6, 6.07) is 11.3. The number of anilines is 1. The topological polar surface area (TPSA) is 38.3 Å². The van der Waals surface area contributed by atoms with Gasteiger partial charge in [-0.2, -0.15) is 0 Å². The molecule has 0 spiro atoms. The maximum atomic E-state index is 12.0. The summed E-state index contributed by atoms with van der Waals surface area (Å²) < 4.78 is 5.56. The Kier molecular flexibility index (Phi) is 5.67. The molecule has 0 unspecified atom stereocenters. The fourth-order valence-corrected chi connectivity index (χ4v) is 2.58. The second-order valence-electron chi connectivity index (χ2n) is 5.97. The smallest absolute Gasteiger partial charge is 0.262 e. The van der Waals surface area contributed by atoms with Crippen LogP contribution in [-0.2, 0) is 4.79 Å². The van der Waals surface area contributed by atoms with E-state index in [1.807, 2.05) is 37.3 Å². The highest BCUT2D eigenvalue weighted by molar-refractivity contribution is 6.31. The molecule has 0 radical (unpaired) electrons. The first-order chi connectivity index (χ1) is 10.9. The van der Waals surface area contributed by atoms with E-state index in [-0.39, 0.29) is 12.5 Å². The summed E-state index contributed by atoms with van der Waals surface area (Å²) in [7, 11) is 0. The number of aryl methyl sites for hydroxylation is 2. The average molecular weight is 332 g/mol. The zero-order valence-electron chi connectivity index (χ0n) is 13.9. The molecule has 2 rings (SSSR count). The molecule has 0 heterocycles. The van der Waals surface area contributed by atoms with Crippen molar-refractivity contribution in [3.8, 4) is 5.75 Å². The van der Waals surface area contributed by atoms with E-state index in [1.54, 1.807) is 6.07 Å². The fraction of sp³-hybridized carbons (Fsp3) is 0.316. The van der Waals surface area contributed by atoms with E-state index >= 15 is 0 Å². The number of nitrogens with one attached hydrogen (secondary N) is 1. The first-order valence-electron chi connectivity index (χ1n) is 7.66. The van der Waals surface area contributed by atoms with Crippen LogP contribution in [0, 0.1) is 13.8 Å². The van der Waals surface area contributed by atoms with Crippen molar-refractivity contribution < 1.29 is 9.53 Å². The first-order valence-corrected chi connectivity index (χ1v) is 8.04. The van der Waals surface area contributed by atoms with E-state index in [0.29, 0.717) is 22.4 Å². The second kappa shape index (κ2) is 7.51. The van der Waals surface area contributed by atoms with Crippen LogP contribution < -0.4 is 10.1 Å². The van der Waals surface area contributed by atoms with Crippen molar-refractivity contribution in [1.29, 1.82) is 0 Å². The van der Waals surface area contributed by atoms with Gasteiger partial charge in [0.05, 0.1) is 0 Å². The van der Waals surface area contributed by atoms with Gasteiger partial charge in [-0.25, -0.2) is 0 Å². The van der Waals surface area contributed by atoms with Gasteiger partial charge in [-0.05, 0) is 60.7 Å². The van der Waals surface area contributed by atoms with Gasteiger partial charge in [-0.1, -0.05) is 37.6 Å². The number of amides is 1. The number of rotatable bonds is 5. The Hall–Kier alpha value is -2.00. The molecule has 4 heteroatoms. The third-order valence-corrected chi connectivity index (χ3v) is 4.10. The van der Waals surface area contributed by atoms with Gasteiger partial charge in [-0.3, -0.25) is 4.79 Å². The fourth-order valence-electron chi connectivity index (χ4n) is 2.40. The number of benzene rings is 2. The minimum Gasteiger partial charge on any atom is -0.484 e. The molecule has 0 aliphatic rings. The Morgan fingerprint density at radius 1 is 1.13 bits per heavy atom. The van der Waals surface area contributed by atoms with Gasteiger partial charge in [0.2, 0.25) is 0 Å². The molecule has 122 valence electrons. The molecule has 1 amide bonds. The monoisotopic (exact) mass is 331 g/mol. The van der Waals surface area contributed by atoms with Gasteiger partial charge in [-0.15, -0.1) is 0 Å². The highest BCUT2D eigenvalue weighted by Gasteiger charge is 2.08. The number of ether oxygens (including phenoxy) is 1. The Balaban J connectivity index is 1.94. The number of hydrogen-bond donors (Lipinski definition) is 1. The SMILES string of the molecule is Cc1ccc(NC(=O)COc2ccc(C(C)C)c(C)c2)cc1Cl. The summed E-state index contributed by atoms with van der Waals surface area (Å²) >= 11 is 6.05. The van der Waals surface area contributed by atoms with E-state index < -0.39 is 0 Å². The molecule has 0 bridgehead atoms. The normalized spacial score (nSPS) is 10.7. The van der Waals surface area contributed by atoms with Crippen LogP contribution in [0.1, 0.15) is 36.5 Å². The van der Waals surface area contributed by atoms with Crippen molar-refractivity contribution in [1.82, 2.24) is 0 Å². The van der Waals surface area contributed by atoms with Crippen LogP contribution >= 0.6 is 11.6 Å². The van der Waals surface area contributed by atoms with Gasteiger partial charge >= 0.3 is 0 Å². The van der Waals surface area contributed by atoms with Crippen LogP contribution in [-0.4, -0.2) is 12.5 Å². The van der Waals surface area contributed by atoms with E-state index in [9.17, 15) is 4.79 Å². The molecule has 0 fully saturated rings. The molecule has 0 aliphatic carbocycles. The van der Waals surface area contributed by atoms with Crippen LogP contribution in [0.25, 0.3) is 0 Å². The van der Waals surface area contributed by atoms with Gasteiger partial charge in [0, 0.05) is 10.7 Å². The van der Waals surface area contributed by atoms with Crippen LogP contribution in [0.5, 0.6) is 5.75 Å². The Bertz CT molecular complexity index is 711. The molecule has 2 aromatic rings. The molecule has 2 aromatic carbocycles. The van der Waals surface area contributed by atoms with Gasteiger partial charge in [0.15, 0.2) is 6.61 Å². The lowest BCUT2D eigenvalue weighted by Crippen LogP contribution is -2.20. The first kappa shape index (κ1) is 17.4. The summed E-state index contributed by atoms with van der Waals surface area (Å²) in [5, 5.41) is 3.40. The highest BCUT2D eigenvalue weighted by Crippen LogP contribution is 2.23. The highest BCUT2D eigenvalue weighted by atomic mass is 35.5. The van der Waals surface area contributed by atoms with Crippen LogP contribution in [0.4, 0.5) is 5.69 Å². The Morgan fingerprint density at radius 3 is 2.48 bits per heavy atom. The lowest BCUT2D eigenvalue weighted by molar-refractivity contribution is -0.118. The quantitative estimate of drug-likeness (QED) is 0.828. The van der Waals surface area contributed by atoms with Gasteiger partial charge in [0.1, 0.15) is 5.75 Å².